The van der Waals surface area contributed by atoms with E-state index in [0.717, 1.165) is 48.2 Å². The molecule has 0 unspecified atom stereocenters. The van der Waals surface area contributed by atoms with E-state index in [4.69, 9.17) is 23.2 Å². The van der Waals surface area contributed by atoms with E-state index in [1.165, 1.54) is 11.3 Å². The number of carbonyl (C=O) groups is 1. The van der Waals surface area contributed by atoms with Gasteiger partial charge >= 0.3 is 0 Å². The van der Waals surface area contributed by atoms with Crippen molar-refractivity contribution in [1.82, 2.24) is 34.5 Å². The number of aromatic nitrogens is 5. The average Bonchev–Trinajstić information content (AvgIpc) is 3.60. The van der Waals surface area contributed by atoms with Crippen LogP contribution < -0.4 is 0 Å². The number of hydrogen-bond donors (Lipinski definition) is 1. The van der Waals surface area contributed by atoms with E-state index in [1.807, 2.05) is 34.2 Å². The standard InChI is InChI=1S/C24H22Cl2N8OS/c25-19-9-18(21(26)36-19)23(35)32-7-2-16(3-8-32)33-12-24(13-33,4-5-27)34-11-15(10-31-34)20-17-1-6-28-22(17)30-14-29-20/h1,6,9-11,14,16H,2-4,7-8,12-13H2,(H,28,29,30). The van der Waals surface area contributed by atoms with Gasteiger partial charge in [0, 0.05) is 55.6 Å². The number of amides is 1. The first kappa shape index (κ1) is 23.4. The van der Waals surface area contributed by atoms with Crippen molar-refractivity contribution in [3.63, 3.8) is 0 Å². The lowest BCUT2D eigenvalue weighted by atomic mass is 9.83. The van der Waals surface area contributed by atoms with Crippen LogP contribution in [0.15, 0.2) is 37.1 Å². The minimum Gasteiger partial charge on any atom is -0.346 e. The number of H-pyrrole nitrogens is 1. The Hall–Kier alpha value is -2.97. The number of fused-ring (bicyclic) bond motifs is 1. The summed E-state index contributed by atoms with van der Waals surface area (Å²) in [5, 5.41) is 15.2. The maximum atomic E-state index is 12.9. The van der Waals surface area contributed by atoms with Gasteiger partial charge in [-0.25, -0.2) is 9.97 Å². The summed E-state index contributed by atoms with van der Waals surface area (Å²) >= 11 is 13.4. The van der Waals surface area contributed by atoms with Gasteiger partial charge in [-0.1, -0.05) is 23.2 Å². The third-order valence-electron chi connectivity index (χ3n) is 7.25. The number of rotatable bonds is 5. The average molecular weight is 541 g/mol. The molecule has 2 aliphatic rings. The lowest BCUT2D eigenvalue weighted by molar-refractivity contribution is -0.0412. The van der Waals surface area contributed by atoms with Crippen LogP contribution in [0.1, 0.15) is 29.6 Å². The van der Waals surface area contributed by atoms with Crippen LogP contribution in [0.3, 0.4) is 0 Å². The SMILES string of the molecule is N#CCC1(n2cc(-c3ncnc4[nH]ccc34)cn2)CN(C2CCN(C(=O)c3cc(Cl)sc3Cl)CC2)C1. The summed E-state index contributed by atoms with van der Waals surface area (Å²) in [7, 11) is 0. The summed E-state index contributed by atoms with van der Waals surface area (Å²) < 4.78 is 2.89. The number of nitriles is 1. The van der Waals surface area contributed by atoms with Gasteiger partial charge in [-0.2, -0.15) is 10.4 Å². The Morgan fingerprint density at radius 1 is 1.28 bits per heavy atom. The van der Waals surface area contributed by atoms with Crippen molar-refractivity contribution in [2.75, 3.05) is 26.2 Å². The smallest absolute Gasteiger partial charge is 0.256 e. The molecule has 1 N–H and O–H groups in total. The highest BCUT2D eigenvalue weighted by atomic mass is 35.5. The highest BCUT2D eigenvalue weighted by Gasteiger charge is 2.48. The topological polar surface area (TPSA) is 107 Å². The molecular formula is C24H22Cl2N8OS. The van der Waals surface area contributed by atoms with Gasteiger partial charge in [-0.3, -0.25) is 14.4 Å². The summed E-state index contributed by atoms with van der Waals surface area (Å²) in [6.07, 6.45) is 9.31. The predicted molar refractivity (Wildman–Crippen MR) is 138 cm³/mol. The molecular weight excluding hydrogens is 519 g/mol. The quantitative estimate of drug-likeness (QED) is 0.401. The van der Waals surface area contributed by atoms with Crippen LogP contribution in [-0.2, 0) is 5.54 Å². The van der Waals surface area contributed by atoms with E-state index in [2.05, 4.69) is 31.0 Å². The fraction of sp³-hybridized carbons (Fsp3) is 0.375. The normalized spacial score (nSPS) is 18.3. The van der Waals surface area contributed by atoms with E-state index < -0.39 is 0 Å². The Kier molecular flexibility index (Phi) is 5.96. The molecule has 6 rings (SSSR count). The van der Waals surface area contributed by atoms with Crippen molar-refractivity contribution < 1.29 is 4.79 Å². The highest BCUT2D eigenvalue weighted by Crippen LogP contribution is 2.38. The summed E-state index contributed by atoms with van der Waals surface area (Å²) in [5.74, 6) is -0.0608. The zero-order chi connectivity index (χ0) is 24.9. The molecule has 36 heavy (non-hydrogen) atoms. The van der Waals surface area contributed by atoms with Crippen molar-refractivity contribution >= 4 is 51.5 Å². The number of aromatic amines is 1. The van der Waals surface area contributed by atoms with Gasteiger partial charge in [0.05, 0.1) is 34.3 Å². The van der Waals surface area contributed by atoms with Gasteiger partial charge < -0.3 is 9.88 Å². The summed E-state index contributed by atoms with van der Waals surface area (Å²) in [6, 6.07) is 6.32. The van der Waals surface area contributed by atoms with Crippen LogP contribution in [0.4, 0.5) is 0 Å². The molecule has 6 heterocycles. The molecule has 0 spiro atoms. The van der Waals surface area contributed by atoms with Crippen molar-refractivity contribution in [2.45, 2.75) is 30.8 Å². The molecule has 2 saturated heterocycles. The molecule has 0 aromatic carbocycles. The molecule has 0 saturated carbocycles. The number of hydrogen-bond acceptors (Lipinski definition) is 7. The number of nitrogens with one attached hydrogen (secondary N) is 1. The van der Waals surface area contributed by atoms with Gasteiger partial charge in [0.2, 0.25) is 0 Å². The Morgan fingerprint density at radius 3 is 2.81 bits per heavy atom. The number of carbonyl (C=O) groups excluding carboxylic acids is 1. The van der Waals surface area contributed by atoms with Crippen LogP contribution in [0.25, 0.3) is 22.3 Å². The first-order valence-electron chi connectivity index (χ1n) is 11.7. The van der Waals surface area contributed by atoms with Crippen molar-refractivity contribution in [3.05, 3.63) is 51.3 Å². The van der Waals surface area contributed by atoms with E-state index in [0.29, 0.717) is 39.8 Å². The Labute approximate surface area is 221 Å². The third-order valence-corrected chi connectivity index (χ3v) is 8.74. The van der Waals surface area contributed by atoms with Crippen molar-refractivity contribution in [1.29, 1.82) is 5.26 Å². The molecule has 184 valence electrons. The van der Waals surface area contributed by atoms with E-state index in [1.54, 1.807) is 12.4 Å². The Balaban J connectivity index is 1.13. The molecule has 0 radical (unpaired) electrons. The highest BCUT2D eigenvalue weighted by molar-refractivity contribution is 7.20. The summed E-state index contributed by atoms with van der Waals surface area (Å²) in [4.78, 5) is 29.0. The van der Waals surface area contributed by atoms with E-state index in [9.17, 15) is 10.1 Å². The molecule has 4 aromatic heterocycles. The predicted octanol–water partition coefficient (Wildman–Crippen LogP) is 4.42. The van der Waals surface area contributed by atoms with Crippen LogP contribution in [-0.4, -0.2) is 72.7 Å². The fourth-order valence-corrected chi connectivity index (χ4v) is 6.80. The zero-order valence-corrected chi connectivity index (χ0v) is 21.5. The van der Waals surface area contributed by atoms with Crippen molar-refractivity contribution in [3.8, 4) is 17.3 Å². The largest absolute Gasteiger partial charge is 0.346 e. The van der Waals surface area contributed by atoms with Crippen LogP contribution >= 0.6 is 34.5 Å². The van der Waals surface area contributed by atoms with Crippen LogP contribution in [0.2, 0.25) is 8.67 Å². The van der Waals surface area contributed by atoms with Gasteiger partial charge in [-0.15, -0.1) is 11.3 Å². The number of likely N-dealkylation sites (tertiary alicyclic amines) is 2. The monoisotopic (exact) mass is 540 g/mol. The minimum absolute atomic E-state index is 0.0608. The maximum absolute atomic E-state index is 12.9. The molecule has 0 aliphatic carbocycles. The number of piperidine rings is 1. The maximum Gasteiger partial charge on any atom is 0.256 e. The lowest BCUT2D eigenvalue weighted by Gasteiger charge is -2.53. The van der Waals surface area contributed by atoms with Gasteiger partial charge in [0.15, 0.2) is 0 Å². The molecule has 12 heteroatoms. The number of nitrogens with zero attached hydrogens (tertiary/aromatic N) is 7. The van der Waals surface area contributed by atoms with Crippen LogP contribution in [0, 0.1) is 11.3 Å². The fourth-order valence-electron chi connectivity index (χ4n) is 5.35. The first-order valence-corrected chi connectivity index (χ1v) is 13.2. The van der Waals surface area contributed by atoms with Gasteiger partial charge in [0.1, 0.15) is 21.8 Å². The summed E-state index contributed by atoms with van der Waals surface area (Å²) in [6.45, 7) is 2.83. The number of halogens is 2. The second kappa shape index (κ2) is 9.16. The minimum atomic E-state index is -0.370. The molecule has 1 amide bonds. The lowest BCUT2D eigenvalue weighted by Crippen LogP contribution is -2.66. The van der Waals surface area contributed by atoms with Gasteiger partial charge in [0.25, 0.3) is 5.91 Å². The number of thiophene rings is 1. The molecule has 9 nitrogen and oxygen atoms in total. The molecule has 2 fully saturated rings. The second-order valence-electron chi connectivity index (χ2n) is 9.36. The third kappa shape index (κ3) is 3.96. The zero-order valence-electron chi connectivity index (χ0n) is 19.2. The van der Waals surface area contributed by atoms with Crippen molar-refractivity contribution in [2.24, 2.45) is 0 Å². The summed E-state index contributed by atoms with van der Waals surface area (Å²) in [5.41, 5.74) is 2.61. The Bertz CT molecular complexity index is 1470. The molecule has 0 bridgehead atoms. The van der Waals surface area contributed by atoms with E-state index >= 15 is 0 Å². The molecule has 0 atom stereocenters. The van der Waals surface area contributed by atoms with Gasteiger partial charge in [-0.05, 0) is 25.0 Å². The second-order valence-corrected chi connectivity index (χ2v) is 11.6. The van der Waals surface area contributed by atoms with Crippen LogP contribution in [0.5, 0.6) is 0 Å². The first-order chi connectivity index (χ1) is 17.5. The molecule has 2 aliphatic heterocycles. The molecule has 4 aromatic rings. The Morgan fingerprint density at radius 2 is 2.08 bits per heavy atom. The van der Waals surface area contributed by atoms with E-state index in [-0.39, 0.29) is 11.4 Å².